The van der Waals surface area contributed by atoms with Crippen LogP contribution in [0, 0.1) is 12.8 Å². The third-order valence-electron chi connectivity index (χ3n) is 4.30. The topological polar surface area (TPSA) is 55.1 Å². The van der Waals surface area contributed by atoms with E-state index in [0.717, 1.165) is 36.9 Å². The van der Waals surface area contributed by atoms with E-state index in [1.54, 1.807) is 11.3 Å². The van der Waals surface area contributed by atoms with E-state index in [1.165, 1.54) is 16.9 Å². The minimum Gasteiger partial charge on any atom is -0.397 e. The van der Waals surface area contributed by atoms with E-state index in [2.05, 4.69) is 23.7 Å². The van der Waals surface area contributed by atoms with E-state index in [-0.39, 0.29) is 11.8 Å². The van der Waals surface area contributed by atoms with Gasteiger partial charge in [-0.3, -0.25) is 4.79 Å². The van der Waals surface area contributed by atoms with Crippen molar-refractivity contribution in [3.63, 3.8) is 0 Å². The maximum Gasteiger partial charge on any atom is 0.227 e. The molecule has 1 saturated carbocycles. The predicted molar refractivity (Wildman–Crippen MR) is 94.1 cm³/mol. The number of thiophene rings is 1. The molecule has 1 aliphatic rings. The van der Waals surface area contributed by atoms with Crippen molar-refractivity contribution in [1.82, 2.24) is 0 Å². The summed E-state index contributed by atoms with van der Waals surface area (Å²) in [5.41, 5.74) is 9.76. The number of anilines is 2. The summed E-state index contributed by atoms with van der Waals surface area (Å²) in [6, 6.07) is 8.03. The largest absolute Gasteiger partial charge is 0.397 e. The maximum absolute atomic E-state index is 12.4. The highest BCUT2D eigenvalue weighted by Gasteiger charge is 2.21. The van der Waals surface area contributed by atoms with E-state index < -0.39 is 0 Å². The fourth-order valence-electron chi connectivity index (χ4n) is 3.00. The van der Waals surface area contributed by atoms with E-state index in [4.69, 9.17) is 5.73 Å². The normalized spacial score (nSPS) is 15.7. The van der Waals surface area contributed by atoms with Crippen LogP contribution in [0.5, 0.6) is 0 Å². The third kappa shape index (κ3) is 3.33. The van der Waals surface area contributed by atoms with Gasteiger partial charge in [-0.2, -0.15) is 0 Å². The smallest absolute Gasteiger partial charge is 0.227 e. The molecule has 0 spiro atoms. The van der Waals surface area contributed by atoms with Crippen LogP contribution in [-0.4, -0.2) is 5.91 Å². The monoisotopic (exact) mass is 314 g/mol. The summed E-state index contributed by atoms with van der Waals surface area (Å²) in [4.78, 5) is 13.6. The maximum atomic E-state index is 12.4. The molecular formula is C18H22N2OS. The molecule has 1 aromatic carbocycles. The number of hydrogen-bond acceptors (Lipinski definition) is 3. The number of carbonyl (C=O) groups excluding carboxylic acids is 1. The number of aryl methyl sites for hydroxylation is 1. The van der Waals surface area contributed by atoms with Crippen molar-refractivity contribution in [3.8, 4) is 10.4 Å². The van der Waals surface area contributed by atoms with Crippen molar-refractivity contribution in [1.29, 1.82) is 0 Å². The van der Waals surface area contributed by atoms with Gasteiger partial charge in [0.25, 0.3) is 0 Å². The lowest BCUT2D eigenvalue weighted by Gasteiger charge is -2.21. The van der Waals surface area contributed by atoms with Crippen molar-refractivity contribution in [2.75, 3.05) is 11.1 Å². The highest BCUT2D eigenvalue weighted by molar-refractivity contribution is 7.13. The number of benzene rings is 1. The molecule has 4 heteroatoms. The van der Waals surface area contributed by atoms with Crippen LogP contribution in [0.25, 0.3) is 10.4 Å². The van der Waals surface area contributed by atoms with Gasteiger partial charge in [0.05, 0.1) is 11.4 Å². The van der Waals surface area contributed by atoms with E-state index in [1.807, 2.05) is 18.2 Å². The molecule has 0 bridgehead atoms. The van der Waals surface area contributed by atoms with Gasteiger partial charge in [0, 0.05) is 10.8 Å². The molecule has 1 amide bonds. The number of nitrogens with two attached hydrogens (primary N) is 1. The van der Waals surface area contributed by atoms with Crippen molar-refractivity contribution < 1.29 is 4.79 Å². The molecule has 0 aliphatic heterocycles. The first-order valence-corrected chi connectivity index (χ1v) is 8.77. The molecule has 3 rings (SSSR count). The van der Waals surface area contributed by atoms with E-state index in [9.17, 15) is 4.79 Å². The molecule has 0 atom stereocenters. The Labute approximate surface area is 135 Å². The minimum absolute atomic E-state index is 0.117. The Morgan fingerprint density at radius 1 is 1.23 bits per heavy atom. The summed E-state index contributed by atoms with van der Waals surface area (Å²) >= 11 is 1.71. The average molecular weight is 314 g/mol. The molecule has 116 valence electrons. The average Bonchev–Trinajstić information content (AvgIpc) is 2.97. The van der Waals surface area contributed by atoms with Crippen LogP contribution in [0.4, 0.5) is 11.4 Å². The Balaban J connectivity index is 1.79. The van der Waals surface area contributed by atoms with Gasteiger partial charge in [0.2, 0.25) is 5.91 Å². The molecule has 0 radical (unpaired) electrons. The molecule has 1 heterocycles. The van der Waals surface area contributed by atoms with Crippen LogP contribution in [0.2, 0.25) is 0 Å². The molecule has 1 fully saturated rings. The zero-order valence-corrected chi connectivity index (χ0v) is 13.7. The van der Waals surface area contributed by atoms with Gasteiger partial charge in [-0.15, -0.1) is 11.3 Å². The molecule has 0 saturated heterocycles. The third-order valence-corrected chi connectivity index (χ3v) is 5.40. The second-order valence-corrected chi connectivity index (χ2v) is 7.03. The van der Waals surface area contributed by atoms with Crippen LogP contribution < -0.4 is 11.1 Å². The summed E-state index contributed by atoms with van der Waals surface area (Å²) < 4.78 is 0. The van der Waals surface area contributed by atoms with Gasteiger partial charge < -0.3 is 11.1 Å². The Bertz CT molecular complexity index is 671. The van der Waals surface area contributed by atoms with Crippen LogP contribution in [0.1, 0.15) is 37.7 Å². The van der Waals surface area contributed by atoms with Crippen molar-refractivity contribution >= 4 is 28.6 Å². The van der Waals surface area contributed by atoms with Crippen LogP contribution in [-0.2, 0) is 4.79 Å². The SMILES string of the molecule is Cc1csc(-c2ccc(N)c(NC(=O)C3CCCCC3)c2)c1. The van der Waals surface area contributed by atoms with Crippen molar-refractivity contribution in [2.24, 2.45) is 5.92 Å². The number of amides is 1. The standard InChI is InChI=1S/C18H22N2OS/c1-12-9-17(22-11-12)14-7-8-15(19)16(10-14)20-18(21)13-5-3-2-4-6-13/h7-11,13H,2-6,19H2,1H3,(H,20,21). The second kappa shape index (κ2) is 6.53. The quantitative estimate of drug-likeness (QED) is 0.798. The van der Waals surface area contributed by atoms with Crippen LogP contribution >= 0.6 is 11.3 Å². The van der Waals surface area contributed by atoms with Gasteiger partial charge >= 0.3 is 0 Å². The van der Waals surface area contributed by atoms with E-state index >= 15 is 0 Å². The zero-order chi connectivity index (χ0) is 15.5. The molecule has 22 heavy (non-hydrogen) atoms. The van der Waals surface area contributed by atoms with Crippen LogP contribution in [0.15, 0.2) is 29.6 Å². The summed E-state index contributed by atoms with van der Waals surface area (Å²) in [5, 5.41) is 5.17. The molecular weight excluding hydrogens is 292 g/mol. The Hall–Kier alpha value is -1.81. The summed E-state index contributed by atoms with van der Waals surface area (Å²) in [7, 11) is 0. The summed E-state index contributed by atoms with van der Waals surface area (Å²) in [6.07, 6.45) is 5.55. The number of hydrogen-bond donors (Lipinski definition) is 2. The first kappa shape index (κ1) is 15.1. The first-order chi connectivity index (χ1) is 10.6. The van der Waals surface area contributed by atoms with Gasteiger partial charge in [0.1, 0.15) is 0 Å². The predicted octanol–water partition coefficient (Wildman–Crippen LogP) is 4.82. The molecule has 1 aromatic heterocycles. The Kier molecular flexibility index (Phi) is 4.48. The number of rotatable bonds is 3. The van der Waals surface area contributed by atoms with Crippen LogP contribution in [0.3, 0.4) is 0 Å². The van der Waals surface area contributed by atoms with Gasteiger partial charge in [0.15, 0.2) is 0 Å². The fraction of sp³-hybridized carbons (Fsp3) is 0.389. The number of carbonyl (C=O) groups is 1. The molecule has 3 nitrogen and oxygen atoms in total. The Morgan fingerprint density at radius 2 is 2.00 bits per heavy atom. The molecule has 0 unspecified atom stereocenters. The first-order valence-electron chi connectivity index (χ1n) is 7.89. The van der Waals surface area contributed by atoms with Crippen molar-refractivity contribution in [2.45, 2.75) is 39.0 Å². The number of nitrogens with one attached hydrogen (secondary N) is 1. The zero-order valence-electron chi connectivity index (χ0n) is 12.9. The lowest BCUT2D eigenvalue weighted by atomic mass is 9.88. The minimum atomic E-state index is 0.117. The van der Waals surface area contributed by atoms with Gasteiger partial charge in [-0.05, 0) is 54.5 Å². The fourth-order valence-corrected chi connectivity index (χ4v) is 3.90. The molecule has 2 aromatic rings. The summed E-state index contributed by atoms with van der Waals surface area (Å²) in [5.74, 6) is 0.256. The number of nitrogen functional groups attached to an aromatic ring is 1. The summed E-state index contributed by atoms with van der Waals surface area (Å²) in [6.45, 7) is 2.09. The highest BCUT2D eigenvalue weighted by Crippen LogP contribution is 2.32. The van der Waals surface area contributed by atoms with Gasteiger partial charge in [-0.25, -0.2) is 0 Å². The Morgan fingerprint density at radius 3 is 2.68 bits per heavy atom. The highest BCUT2D eigenvalue weighted by atomic mass is 32.1. The van der Waals surface area contributed by atoms with E-state index in [0.29, 0.717) is 5.69 Å². The lowest BCUT2D eigenvalue weighted by Crippen LogP contribution is -2.25. The lowest BCUT2D eigenvalue weighted by molar-refractivity contribution is -0.120. The molecule has 3 N–H and O–H groups in total. The van der Waals surface area contributed by atoms with Gasteiger partial charge in [-0.1, -0.05) is 25.3 Å². The second-order valence-electron chi connectivity index (χ2n) is 6.11. The molecule has 1 aliphatic carbocycles. The van der Waals surface area contributed by atoms with Crippen molar-refractivity contribution in [3.05, 3.63) is 35.2 Å².